The molecule has 0 amide bonds. The lowest BCUT2D eigenvalue weighted by Crippen LogP contribution is -2.25. The van der Waals surface area contributed by atoms with Crippen molar-refractivity contribution < 1.29 is 14.3 Å². The van der Waals surface area contributed by atoms with Crippen molar-refractivity contribution in [2.45, 2.75) is 26.2 Å². The molecule has 0 saturated carbocycles. The lowest BCUT2D eigenvalue weighted by Gasteiger charge is -2.11. The Kier molecular flexibility index (Phi) is 7.24. The third-order valence-electron chi connectivity index (χ3n) is 1.96. The van der Waals surface area contributed by atoms with E-state index >= 15 is 0 Å². The maximum Gasteiger partial charge on any atom is 0.316 e. The highest BCUT2D eigenvalue weighted by molar-refractivity contribution is 5.99. The number of carbonyl (C=O) groups is 2. The van der Waals surface area contributed by atoms with Crippen LogP contribution in [-0.2, 0) is 14.3 Å². The van der Waals surface area contributed by atoms with E-state index in [9.17, 15) is 9.59 Å². The molecule has 0 aliphatic carbocycles. The van der Waals surface area contributed by atoms with Crippen LogP contribution in [0.25, 0.3) is 0 Å². The first kappa shape index (κ1) is 13.6. The van der Waals surface area contributed by atoms with Crippen LogP contribution in [0.4, 0.5) is 0 Å². The summed E-state index contributed by atoms with van der Waals surface area (Å²) in [6.07, 6.45) is 4.49. The molecule has 0 aromatic rings. The van der Waals surface area contributed by atoms with Crippen LogP contribution in [0, 0.1) is 5.92 Å². The second kappa shape index (κ2) is 7.97. The highest BCUT2D eigenvalue weighted by Gasteiger charge is 2.25. The number of hydrogen-bond acceptors (Lipinski definition) is 3. The van der Waals surface area contributed by atoms with Crippen LogP contribution >= 0.6 is 0 Å². The van der Waals surface area contributed by atoms with E-state index < -0.39 is 11.9 Å². The molecule has 15 heavy (non-hydrogen) atoms. The smallest absolute Gasteiger partial charge is 0.316 e. The number of hydrogen-bond donors (Lipinski definition) is 0. The lowest BCUT2D eigenvalue weighted by atomic mass is 9.97. The van der Waals surface area contributed by atoms with Gasteiger partial charge >= 0.3 is 5.97 Å². The van der Waals surface area contributed by atoms with E-state index in [0.717, 1.165) is 0 Å². The van der Waals surface area contributed by atoms with Crippen LogP contribution in [0.15, 0.2) is 25.3 Å². The molecule has 0 N–H and O–H groups in total. The summed E-state index contributed by atoms with van der Waals surface area (Å²) >= 11 is 0. The van der Waals surface area contributed by atoms with Crippen LogP contribution in [-0.4, -0.2) is 18.4 Å². The molecule has 0 heterocycles. The molecule has 0 saturated heterocycles. The summed E-state index contributed by atoms with van der Waals surface area (Å²) in [5.74, 6) is -1.25. The zero-order chi connectivity index (χ0) is 11.7. The summed E-state index contributed by atoms with van der Waals surface area (Å²) in [6, 6.07) is 0. The molecule has 0 bridgehead atoms. The fourth-order valence-electron chi connectivity index (χ4n) is 1.19. The normalized spacial score (nSPS) is 11.5. The molecule has 0 spiro atoms. The van der Waals surface area contributed by atoms with Crippen molar-refractivity contribution in [2.24, 2.45) is 5.92 Å². The summed E-state index contributed by atoms with van der Waals surface area (Å²) in [7, 11) is 0. The number of Topliss-reactive ketones (excluding diaryl/α,β-unsaturated/α-hetero) is 1. The largest absolute Gasteiger partial charge is 0.465 e. The topological polar surface area (TPSA) is 43.4 Å². The van der Waals surface area contributed by atoms with Gasteiger partial charge in [0, 0.05) is 6.42 Å². The number of esters is 1. The van der Waals surface area contributed by atoms with Gasteiger partial charge in [-0.1, -0.05) is 12.2 Å². The maximum absolute atomic E-state index is 11.6. The zero-order valence-electron chi connectivity index (χ0n) is 9.20. The molecule has 0 aliphatic heterocycles. The molecule has 0 radical (unpaired) electrons. The van der Waals surface area contributed by atoms with Crippen molar-refractivity contribution in [3.63, 3.8) is 0 Å². The van der Waals surface area contributed by atoms with E-state index in [1.807, 2.05) is 0 Å². The summed E-state index contributed by atoms with van der Waals surface area (Å²) in [5.41, 5.74) is 0. The summed E-state index contributed by atoms with van der Waals surface area (Å²) in [6.45, 7) is 9.07. The van der Waals surface area contributed by atoms with Gasteiger partial charge in [0.2, 0.25) is 0 Å². The van der Waals surface area contributed by atoms with Crippen molar-refractivity contribution in [2.75, 3.05) is 6.61 Å². The lowest BCUT2D eigenvalue weighted by molar-refractivity contribution is -0.151. The number of carbonyl (C=O) groups excluding carboxylic acids is 2. The van der Waals surface area contributed by atoms with E-state index in [4.69, 9.17) is 4.74 Å². The Morgan fingerprint density at radius 3 is 2.47 bits per heavy atom. The van der Waals surface area contributed by atoms with Gasteiger partial charge in [-0.25, -0.2) is 0 Å². The maximum atomic E-state index is 11.6. The van der Waals surface area contributed by atoms with Gasteiger partial charge in [-0.2, -0.15) is 0 Å². The van der Waals surface area contributed by atoms with Crippen molar-refractivity contribution >= 4 is 11.8 Å². The molecule has 84 valence electrons. The fraction of sp³-hybridized carbons (Fsp3) is 0.500. The Bertz CT molecular complexity index is 243. The SMILES string of the molecule is C=CCCC(=O)[C@H](CC=C)C(=O)OCC. The Morgan fingerprint density at radius 1 is 1.33 bits per heavy atom. The highest BCUT2D eigenvalue weighted by Crippen LogP contribution is 2.12. The molecule has 1 atom stereocenters. The van der Waals surface area contributed by atoms with Crippen LogP contribution in [0.2, 0.25) is 0 Å². The minimum atomic E-state index is -0.692. The molecule has 0 unspecified atom stereocenters. The zero-order valence-corrected chi connectivity index (χ0v) is 9.20. The number of allylic oxidation sites excluding steroid dienone is 2. The number of ether oxygens (including phenoxy) is 1. The van der Waals surface area contributed by atoms with Crippen molar-refractivity contribution in [3.05, 3.63) is 25.3 Å². The summed E-state index contributed by atoms with van der Waals surface area (Å²) in [5, 5.41) is 0. The predicted octanol–water partition coefficient (Wildman–Crippen LogP) is 2.28. The first-order chi connectivity index (χ1) is 7.17. The van der Waals surface area contributed by atoms with Crippen LogP contribution in [0.3, 0.4) is 0 Å². The van der Waals surface area contributed by atoms with Gasteiger partial charge < -0.3 is 4.74 Å². The molecular formula is C12H18O3. The standard InChI is InChI=1S/C12H18O3/c1-4-7-9-11(13)10(8-5-2)12(14)15-6-3/h4-5,10H,1-2,6-9H2,3H3/t10-/m0/s1. The first-order valence-electron chi connectivity index (χ1n) is 5.08. The van der Waals surface area contributed by atoms with E-state index in [0.29, 0.717) is 25.9 Å². The van der Waals surface area contributed by atoms with Gasteiger partial charge in [0.15, 0.2) is 0 Å². The Balaban J connectivity index is 4.35. The molecule has 0 aromatic carbocycles. The molecular weight excluding hydrogens is 192 g/mol. The van der Waals surface area contributed by atoms with E-state index in [-0.39, 0.29) is 5.78 Å². The number of ketones is 1. The van der Waals surface area contributed by atoms with Crippen LogP contribution in [0.1, 0.15) is 26.2 Å². The Morgan fingerprint density at radius 2 is 2.00 bits per heavy atom. The molecule has 3 nitrogen and oxygen atoms in total. The van der Waals surface area contributed by atoms with Gasteiger partial charge in [0.05, 0.1) is 6.61 Å². The average Bonchev–Trinajstić information content (AvgIpc) is 2.22. The van der Waals surface area contributed by atoms with Crippen molar-refractivity contribution in [3.8, 4) is 0 Å². The van der Waals surface area contributed by atoms with Gasteiger partial charge in [0.25, 0.3) is 0 Å². The van der Waals surface area contributed by atoms with E-state index in [1.165, 1.54) is 0 Å². The fourth-order valence-corrected chi connectivity index (χ4v) is 1.19. The van der Waals surface area contributed by atoms with Crippen LogP contribution in [0.5, 0.6) is 0 Å². The first-order valence-corrected chi connectivity index (χ1v) is 5.08. The minimum absolute atomic E-state index is 0.103. The monoisotopic (exact) mass is 210 g/mol. The second-order valence-electron chi connectivity index (χ2n) is 3.12. The second-order valence-corrected chi connectivity index (χ2v) is 3.12. The predicted molar refractivity (Wildman–Crippen MR) is 59.4 cm³/mol. The van der Waals surface area contributed by atoms with Crippen molar-refractivity contribution in [1.82, 2.24) is 0 Å². The molecule has 0 aliphatic rings. The van der Waals surface area contributed by atoms with Gasteiger partial charge in [-0.3, -0.25) is 9.59 Å². The Labute approximate surface area is 90.8 Å². The number of rotatable bonds is 8. The van der Waals surface area contributed by atoms with Gasteiger partial charge in [0.1, 0.15) is 11.7 Å². The average molecular weight is 210 g/mol. The van der Waals surface area contributed by atoms with Gasteiger partial charge in [-0.15, -0.1) is 13.2 Å². The summed E-state index contributed by atoms with van der Waals surface area (Å²) in [4.78, 5) is 23.0. The molecule has 0 aromatic heterocycles. The molecule has 0 fully saturated rings. The Hall–Kier alpha value is -1.38. The summed E-state index contributed by atoms with van der Waals surface area (Å²) < 4.78 is 4.82. The quantitative estimate of drug-likeness (QED) is 0.350. The van der Waals surface area contributed by atoms with E-state index in [1.54, 1.807) is 19.1 Å². The third-order valence-corrected chi connectivity index (χ3v) is 1.96. The van der Waals surface area contributed by atoms with Gasteiger partial charge in [-0.05, 0) is 19.8 Å². The van der Waals surface area contributed by atoms with E-state index in [2.05, 4.69) is 13.2 Å². The molecule has 3 heteroatoms. The highest BCUT2D eigenvalue weighted by atomic mass is 16.5. The molecule has 0 rings (SSSR count). The minimum Gasteiger partial charge on any atom is -0.465 e. The third kappa shape index (κ3) is 5.15. The van der Waals surface area contributed by atoms with Crippen molar-refractivity contribution in [1.29, 1.82) is 0 Å². The van der Waals surface area contributed by atoms with Crippen LogP contribution < -0.4 is 0 Å².